The highest BCUT2D eigenvalue weighted by atomic mass is 16.1. The van der Waals surface area contributed by atoms with Crippen LogP contribution in [0.4, 0.5) is 0 Å². The second kappa shape index (κ2) is 5.15. The zero-order valence-corrected chi connectivity index (χ0v) is 9.90. The molecule has 0 aromatic rings. The molecular weight excluding hydrogens is 202 g/mol. The van der Waals surface area contributed by atoms with E-state index in [4.69, 9.17) is 11.5 Å². The van der Waals surface area contributed by atoms with Gasteiger partial charge in [-0.25, -0.2) is 0 Å². The third-order valence-electron chi connectivity index (χ3n) is 4.15. The summed E-state index contributed by atoms with van der Waals surface area (Å²) in [5, 5.41) is 0. The van der Waals surface area contributed by atoms with Crippen molar-refractivity contribution in [2.45, 2.75) is 50.6 Å². The number of rotatable bonds is 3. The fourth-order valence-electron chi connectivity index (χ4n) is 3.30. The van der Waals surface area contributed by atoms with Crippen molar-refractivity contribution in [2.24, 2.45) is 17.4 Å². The Hall–Kier alpha value is -0.610. The molecule has 1 heterocycles. The van der Waals surface area contributed by atoms with Crippen molar-refractivity contribution in [3.63, 3.8) is 0 Å². The molecule has 4 nitrogen and oxygen atoms in total. The van der Waals surface area contributed by atoms with E-state index >= 15 is 0 Å². The van der Waals surface area contributed by atoms with E-state index < -0.39 is 6.04 Å². The molecule has 0 radical (unpaired) electrons. The van der Waals surface area contributed by atoms with Crippen LogP contribution in [0.1, 0.15) is 38.5 Å². The Bertz CT molecular complexity index is 255. The lowest BCUT2D eigenvalue weighted by Gasteiger charge is -2.44. The van der Waals surface area contributed by atoms with Gasteiger partial charge >= 0.3 is 0 Å². The number of likely N-dealkylation sites (tertiary alicyclic amines) is 1. The second-order valence-corrected chi connectivity index (χ2v) is 5.26. The third-order valence-corrected chi connectivity index (χ3v) is 4.15. The van der Waals surface area contributed by atoms with Crippen LogP contribution in [0.2, 0.25) is 0 Å². The van der Waals surface area contributed by atoms with Gasteiger partial charge < -0.3 is 11.5 Å². The molecule has 16 heavy (non-hydrogen) atoms. The summed E-state index contributed by atoms with van der Waals surface area (Å²) in [6.45, 7) is 1.73. The molecule has 0 aromatic heterocycles. The maximum atomic E-state index is 11.0. The average molecular weight is 225 g/mol. The summed E-state index contributed by atoms with van der Waals surface area (Å²) in [5.74, 6) is 0.459. The zero-order valence-electron chi connectivity index (χ0n) is 9.90. The van der Waals surface area contributed by atoms with E-state index in [0.717, 1.165) is 12.5 Å². The molecule has 2 fully saturated rings. The summed E-state index contributed by atoms with van der Waals surface area (Å²) in [6.07, 6.45) is 7.92. The Kier molecular flexibility index (Phi) is 3.82. The molecule has 2 aliphatic rings. The summed E-state index contributed by atoms with van der Waals surface area (Å²) < 4.78 is 0. The molecule has 1 aliphatic carbocycles. The van der Waals surface area contributed by atoms with E-state index in [-0.39, 0.29) is 5.91 Å². The highest BCUT2D eigenvalue weighted by Crippen LogP contribution is 2.35. The van der Waals surface area contributed by atoms with Gasteiger partial charge in [-0.15, -0.1) is 0 Å². The van der Waals surface area contributed by atoms with Gasteiger partial charge in [0.25, 0.3) is 0 Å². The largest absolute Gasteiger partial charge is 0.368 e. The number of carbonyl (C=O) groups excluding carboxylic acids is 1. The molecule has 0 bridgehead atoms. The van der Waals surface area contributed by atoms with Crippen LogP contribution in [-0.4, -0.2) is 36.0 Å². The maximum absolute atomic E-state index is 11.0. The lowest BCUT2D eigenvalue weighted by Crippen LogP contribution is -2.53. The molecule has 0 spiro atoms. The lowest BCUT2D eigenvalue weighted by molar-refractivity contribution is -0.120. The summed E-state index contributed by atoms with van der Waals surface area (Å²) in [5.41, 5.74) is 11.0. The predicted octanol–water partition coefficient (Wildman–Crippen LogP) is 0.454. The number of nitrogens with two attached hydrogens (primary N) is 2. The molecule has 1 saturated carbocycles. The first-order valence-corrected chi connectivity index (χ1v) is 6.47. The van der Waals surface area contributed by atoms with Gasteiger partial charge in [0.15, 0.2) is 0 Å². The van der Waals surface area contributed by atoms with E-state index in [1.807, 2.05) is 0 Å². The van der Waals surface area contributed by atoms with Crippen LogP contribution in [0.3, 0.4) is 0 Å². The average Bonchev–Trinajstić information content (AvgIpc) is 2.29. The van der Waals surface area contributed by atoms with Crippen LogP contribution in [0.5, 0.6) is 0 Å². The molecule has 1 aliphatic heterocycles. The highest BCUT2D eigenvalue weighted by molar-refractivity contribution is 5.79. The first-order chi connectivity index (χ1) is 7.68. The van der Waals surface area contributed by atoms with Crippen LogP contribution in [0.25, 0.3) is 0 Å². The van der Waals surface area contributed by atoms with Gasteiger partial charge in [-0.05, 0) is 38.1 Å². The molecule has 4 N–H and O–H groups in total. The minimum absolute atomic E-state index is 0.377. The zero-order chi connectivity index (χ0) is 11.5. The molecular formula is C12H23N3O. The number of carbonyl (C=O) groups is 1. The smallest absolute Gasteiger partial charge is 0.235 e. The van der Waals surface area contributed by atoms with Gasteiger partial charge in [-0.2, -0.15) is 0 Å². The quantitative estimate of drug-likeness (QED) is 0.732. The molecule has 3 unspecified atom stereocenters. The molecule has 3 atom stereocenters. The molecule has 4 heteroatoms. The number of nitrogens with zero attached hydrogens (tertiary/aromatic N) is 1. The number of piperidine rings is 1. The van der Waals surface area contributed by atoms with Gasteiger partial charge in [0.2, 0.25) is 5.91 Å². The standard InChI is InChI=1S/C12H23N3O/c13-10(12(14)16)8-15-7-3-5-9-4-1-2-6-11(9)15/h9-11H,1-8,13H2,(H2,14,16). The Morgan fingerprint density at radius 1 is 1.25 bits per heavy atom. The van der Waals surface area contributed by atoms with Crippen LogP contribution < -0.4 is 11.5 Å². The van der Waals surface area contributed by atoms with Crippen molar-refractivity contribution in [1.29, 1.82) is 0 Å². The molecule has 1 saturated heterocycles. The van der Waals surface area contributed by atoms with Crippen molar-refractivity contribution in [3.8, 4) is 0 Å². The van der Waals surface area contributed by atoms with E-state index in [1.165, 1.54) is 38.5 Å². The van der Waals surface area contributed by atoms with Crippen LogP contribution in [0, 0.1) is 5.92 Å². The van der Waals surface area contributed by atoms with Crippen molar-refractivity contribution >= 4 is 5.91 Å². The minimum atomic E-state index is -0.499. The SMILES string of the molecule is NC(=O)C(N)CN1CCCC2CCCCC21. The van der Waals surface area contributed by atoms with Crippen LogP contribution in [0.15, 0.2) is 0 Å². The summed E-state index contributed by atoms with van der Waals surface area (Å²) in [4.78, 5) is 13.4. The predicted molar refractivity (Wildman–Crippen MR) is 63.7 cm³/mol. The van der Waals surface area contributed by atoms with E-state index in [0.29, 0.717) is 12.6 Å². The van der Waals surface area contributed by atoms with Crippen LogP contribution in [-0.2, 0) is 4.79 Å². The number of fused-ring (bicyclic) bond motifs is 1. The minimum Gasteiger partial charge on any atom is -0.368 e. The number of hydrogen-bond acceptors (Lipinski definition) is 3. The monoisotopic (exact) mass is 225 g/mol. The Morgan fingerprint density at radius 3 is 2.69 bits per heavy atom. The van der Waals surface area contributed by atoms with Gasteiger partial charge in [0.1, 0.15) is 0 Å². The van der Waals surface area contributed by atoms with E-state index in [1.54, 1.807) is 0 Å². The topological polar surface area (TPSA) is 72.3 Å². The fraction of sp³-hybridized carbons (Fsp3) is 0.917. The number of amides is 1. The first-order valence-electron chi connectivity index (χ1n) is 6.47. The van der Waals surface area contributed by atoms with Gasteiger partial charge in [0, 0.05) is 12.6 Å². The molecule has 1 amide bonds. The highest BCUT2D eigenvalue weighted by Gasteiger charge is 2.34. The number of hydrogen-bond donors (Lipinski definition) is 2. The third kappa shape index (κ3) is 2.55. The van der Waals surface area contributed by atoms with Crippen molar-refractivity contribution < 1.29 is 4.79 Å². The van der Waals surface area contributed by atoms with E-state index in [9.17, 15) is 4.79 Å². The maximum Gasteiger partial charge on any atom is 0.235 e. The molecule has 2 rings (SSSR count). The molecule has 92 valence electrons. The summed E-state index contributed by atoms with van der Waals surface area (Å²) in [6, 6.07) is 0.161. The molecule has 0 aromatic carbocycles. The first kappa shape index (κ1) is 11.9. The van der Waals surface area contributed by atoms with Crippen molar-refractivity contribution in [2.75, 3.05) is 13.1 Å². The Balaban J connectivity index is 1.94. The second-order valence-electron chi connectivity index (χ2n) is 5.26. The van der Waals surface area contributed by atoms with Crippen molar-refractivity contribution in [3.05, 3.63) is 0 Å². The number of primary amides is 1. The van der Waals surface area contributed by atoms with Gasteiger partial charge in [0.05, 0.1) is 6.04 Å². The Morgan fingerprint density at radius 2 is 1.94 bits per heavy atom. The fourth-order valence-corrected chi connectivity index (χ4v) is 3.30. The van der Waals surface area contributed by atoms with Gasteiger partial charge in [-0.1, -0.05) is 12.8 Å². The van der Waals surface area contributed by atoms with Crippen molar-refractivity contribution in [1.82, 2.24) is 4.90 Å². The van der Waals surface area contributed by atoms with Crippen LogP contribution >= 0.6 is 0 Å². The Labute approximate surface area is 97.3 Å². The van der Waals surface area contributed by atoms with E-state index in [2.05, 4.69) is 4.90 Å². The summed E-state index contributed by atoms with van der Waals surface area (Å²) in [7, 11) is 0. The van der Waals surface area contributed by atoms with Gasteiger partial charge in [-0.3, -0.25) is 9.69 Å². The summed E-state index contributed by atoms with van der Waals surface area (Å²) >= 11 is 0. The lowest BCUT2D eigenvalue weighted by atomic mass is 9.78. The normalized spacial score (nSPS) is 33.1.